The molecule has 0 aliphatic carbocycles. The van der Waals surface area contributed by atoms with Gasteiger partial charge in [0.1, 0.15) is 0 Å². The average Bonchev–Trinajstić information content (AvgIpc) is 2.99. The zero-order chi connectivity index (χ0) is 21.0. The van der Waals surface area contributed by atoms with Gasteiger partial charge >= 0.3 is 18.7 Å². The van der Waals surface area contributed by atoms with E-state index in [0.717, 1.165) is 26.2 Å². The summed E-state index contributed by atoms with van der Waals surface area (Å²) in [7, 11) is -2.48. The van der Waals surface area contributed by atoms with Crippen molar-refractivity contribution in [2.75, 3.05) is 26.2 Å². The molecule has 0 aromatic carbocycles. The molecule has 158 valence electrons. The van der Waals surface area contributed by atoms with Crippen molar-refractivity contribution in [2.24, 2.45) is 0 Å². The van der Waals surface area contributed by atoms with E-state index in [4.69, 9.17) is 4.12 Å². The molecule has 0 amide bonds. The molecule has 0 aromatic heterocycles. The van der Waals surface area contributed by atoms with E-state index in [1.165, 1.54) is 0 Å². The molecule has 27 heavy (non-hydrogen) atoms. The van der Waals surface area contributed by atoms with Gasteiger partial charge in [-0.1, -0.05) is 0 Å². The first-order valence-electron chi connectivity index (χ1n) is 10.5. The molecule has 2 rings (SSSR count). The van der Waals surface area contributed by atoms with Gasteiger partial charge in [0.25, 0.3) is 0 Å². The molecular weight excluding hydrogens is 368 g/mol. The van der Waals surface area contributed by atoms with Crippen LogP contribution >= 0.6 is 0 Å². The molecule has 0 unspecified atom stereocenters. The van der Waals surface area contributed by atoms with Crippen LogP contribution in [0.1, 0.15) is 83.1 Å². The second-order valence-electron chi connectivity index (χ2n) is 12.0. The first-order chi connectivity index (χ1) is 11.9. The maximum Gasteiger partial charge on any atom is 0.399 e. The molecular formula is C20H44N4OSi2. The normalized spacial score (nSPS) is 24.4. The van der Waals surface area contributed by atoms with Gasteiger partial charge < -0.3 is 4.12 Å². The van der Waals surface area contributed by atoms with E-state index in [1.54, 1.807) is 0 Å². The van der Waals surface area contributed by atoms with Gasteiger partial charge in [-0.3, -0.25) is 18.3 Å². The summed E-state index contributed by atoms with van der Waals surface area (Å²) in [5, 5.41) is 0. The SMILES string of the molecule is CC(C)(C)N1CCN(C(C)(C)C)[Si]1O[Si]1N(C(C)(C)C)CCN1C(C)(C)C. The lowest BCUT2D eigenvalue weighted by molar-refractivity contribution is 0.179. The smallest absolute Gasteiger partial charge is 0.399 e. The summed E-state index contributed by atoms with van der Waals surface area (Å²) in [5.41, 5.74) is 0.534. The van der Waals surface area contributed by atoms with Crippen LogP contribution < -0.4 is 0 Å². The molecule has 0 N–H and O–H groups in total. The molecule has 2 aliphatic heterocycles. The second kappa shape index (κ2) is 7.49. The predicted molar refractivity (Wildman–Crippen MR) is 118 cm³/mol. The van der Waals surface area contributed by atoms with Crippen LogP contribution in [0, 0.1) is 0 Å². The van der Waals surface area contributed by atoms with Crippen LogP contribution in [0.5, 0.6) is 0 Å². The van der Waals surface area contributed by atoms with E-state index in [-0.39, 0.29) is 22.2 Å². The average molecular weight is 413 g/mol. The molecule has 2 fully saturated rings. The lowest BCUT2D eigenvalue weighted by atomic mass is 10.1. The molecule has 2 radical (unpaired) electrons. The Hall–Kier alpha value is 0.234. The second-order valence-corrected chi connectivity index (χ2v) is 16.1. The summed E-state index contributed by atoms with van der Waals surface area (Å²) in [6, 6.07) is 0. The molecule has 0 aromatic rings. The maximum atomic E-state index is 7.24. The van der Waals surface area contributed by atoms with E-state index in [9.17, 15) is 0 Å². The highest BCUT2D eigenvalue weighted by atomic mass is 28.4. The molecule has 0 atom stereocenters. The van der Waals surface area contributed by atoms with Crippen molar-refractivity contribution in [1.82, 2.24) is 18.3 Å². The first-order valence-corrected chi connectivity index (χ1v) is 13.1. The fourth-order valence-electron chi connectivity index (χ4n) is 3.87. The van der Waals surface area contributed by atoms with Gasteiger partial charge in [0.15, 0.2) is 0 Å². The molecule has 5 nitrogen and oxygen atoms in total. The lowest BCUT2D eigenvalue weighted by Crippen LogP contribution is -2.66. The van der Waals surface area contributed by atoms with Crippen molar-refractivity contribution in [2.45, 2.75) is 105 Å². The topological polar surface area (TPSA) is 22.2 Å². The van der Waals surface area contributed by atoms with Crippen LogP contribution in [0.4, 0.5) is 0 Å². The van der Waals surface area contributed by atoms with Gasteiger partial charge in [0.2, 0.25) is 0 Å². The summed E-state index contributed by atoms with van der Waals surface area (Å²) in [6.45, 7) is 32.5. The number of hydrogen-bond acceptors (Lipinski definition) is 5. The monoisotopic (exact) mass is 412 g/mol. The minimum absolute atomic E-state index is 0.133. The van der Waals surface area contributed by atoms with Crippen LogP contribution in [0.25, 0.3) is 0 Å². The summed E-state index contributed by atoms with van der Waals surface area (Å²) in [4.78, 5) is 0. The van der Waals surface area contributed by atoms with Crippen molar-refractivity contribution >= 4 is 18.7 Å². The van der Waals surface area contributed by atoms with Crippen molar-refractivity contribution in [3.05, 3.63) is 0 Å². The Balaban J connectivity index is 2.39. The van der Waals surface area contributed by atoms with E-state index in [0.29, 0.717) is 0 Å². The van der Waals surface area contributed by atoms with Crippen LogP contribution in [0.3, 0.4) is 0 Å². The van der Waals surface area contributed by atoms with Crippen LogP contribution in [-0.4, -0.2) is 85.3 Å². The highest BCUT2D eigenvalue weighted by molar-refractivity contribution is 6.61. The Morgan fingerprint density at radius 2 is 0.630 bits per heavy atom. The van der Waals surface area contributed by atoms with Crippen LogP contribution in [0.2, 0.25) is 0 Å². The van der Waals surface area contributed by atoms with E-state index >= 15 is 0 Å². The zero-order valence-electron chi connectivity index (χ0n) is 20.0. The van der Waals surface area contributed by atoms with Gasteiger partial charge in [-0.05, 0) is 83.1 Å². The summed E-state index contributed by atoms with van der Waals surface area (Å²) < 4.78 is 17.8. The van der Waals surface area contributed by atoms with Crippen molar-refractivity contribution in [3.63, 3.8) is 0 Å². The Morgan fingerprint density at radius 1 is 0.444 bits per heavy atom. The minimum Gasteiger partial charge on any atom is -0.407 e. The van der Waals surface area contributed by atoms with Crippen molar-refractivity contribution in [3.8, 4) is 0 Å². The van der Waals surface area contributed by atoms with Gasteiger partial charge in [-0.25, -0.2) is 0 Å². The number of rotatable bonds is 2. The Labute approximate surface area is 172 Å². The van der Waals surface area contributed by atoms with E-state index in [1.807, 2.05) is 0 Å². The summed E-state index contributed by atoms with van der Waals surface area (Å²) in [5.74, 6) is 0. The molecule has 2 aliphatic rings. The highest BCUT2D eigenvalue weighted by Crippen LogP contribution is 2.33. The van der Waals surface area contributed by atoms with E-state index < -0.39 is 18.7 Å². The third-order valence-electron chi connectivity index (χ3n) is 5.44. The van der Waals surface area contributed by atoms with Crippen LogP contribution in [0.15, 0.2) is 0 Å². The van der Waals surface area contributed by atoms with Gasteiger partial charge in [-0.15, -0.1) is 0 Å². The third-order valence-corrected chi connectivity index (χ3v) is 12.3. The Bertz CT molecular complexity index is 426. The Kier molecular flexibility index (Phi) is 6.52. The number of hydrogen-bond donors (Lipinski definition) is 0. The molecule has 7 heteroatoms. The molecule has 2 heterocycles. The van der Waals surface area contributed by atoms with Crippen LogP contribution in [-0.2, 0) is 4.12 Å². The zero-order valence-corrected chi connectivity index (χ0v) is 22.0. The van der Waals surface area contributed by atoms with Gasteiger partial charge in [-0.2, -0.15) is 0 Å². The largest absolute Gasteiger partial charge is 0.407 e. The van der Waals surface area contributed by atoms with Gasteiger partial charge in [0.05, 0.1) is 0 Å². The van der Waals surface area contributed by atoms with Crippen molar-refractivity contribution < 1.29 is 4.12 Å². The van der Waals surface area contributed by atoms with E-state index in [2.05, 4.69) is 101 Å². The molecule has 0 bridgehead atoms. The molecule has 0 saturated carbocycles. The van der Waals surface area contributed by atoms with Crippen molar-refractivity contribution in [1.29, 1.82) is 0 Å². The van der Waals surface area contributed by atoms with Gasteiger partial charge in [0, 0.05) is 48.3 Å². The number of nitrogens with zero attached hydrogens (tertiary/aromatic N) is 4. The fraction of sp³-hybridized carbons (Fsp3) is 1.00. The highest BCUT2D eigenvalue weighted by Gasteiger charge is 2.54. The first kappa shape index (κ1) is 23.5. The summed E-state index contributed by atoms with van der Waals surface area (Å²) in [6.07, 6.45) is 0. The fourth-order valence-corrected chi connectivity index (χ4v) is 10.3. The third kappa shape index (κ3) is 5.24. The molecule has 0 spiro atoms. The molecule has 2 saturated heterocycles. The summed E-state index contributed by atoms with van der Waals surface area (Å²) >= 11 is 0. The lowest BCUT2D eigenvalue weighted by Gasteiger charge is -2.45. The maximum absolute atomic E-state index is 7.24. The predicted octanol–water partition coefficient (Wildman–Crippen LogP) is 3.40. The Morgan fingerprint density at radius 3 is 0.778 bits per heavy atom. The quantitative estimate of drug-likeness (QED) is 0.647. The standard InChI is InChI=1S/C20H44N4OSi2/c1-17(2,3)21-13-14-22(18(4,5)6)26(21)25-27-23(19(7,8)9)15-16-24(27)20(10,11)12/h13-16H2,1-12H3. The minimum atomic E-state index is -1.24.